The molecule has 4 heteroatoms. The van der Waals surface area contributed by atoms with Crippen molar-refractivity contribution >= 4 is 32.2 Å². The minimum atomic E-state index is 0.640. The van der Waals surface area contributed by atoms with E-state index in [1.165, 1.54) is 36.9 Å². The predicted octanol–water partition coefficient (Wildman–Crippen LogP) is 12.2. The third kappa shape index (κ3) is 5.58. The van der Waals surface area contributed by atoms with Crippen LogP contribution in [0.2, 0.25) is 0 Å². The molecule has 230 valence electrons. The lowest BCUT2D eigenvalue weighted by Gasteiger charge is -2.12. The maximum Gasteiger partial charge on any atom is 0.164 e. The first-order valence-electron chi connectivity index (χ1n) is 16.4. The second kappa shape index (κ2) is 12.4. The van der Waals surface area contributed by atoms with Crippen molar-refractivity contribution in [3.8, 4) is 66.9 Å². The van der Waals surface area contributed by atoms with Crippen LogP contribution in [-0.2, 0) is 0 Å². The van der Waals surface area contributed by atoms with Gasteiger partial charge in [0.2, 0.25) is 0 Å². The zero-order chi connectivity index (χ0) is 32.6. The number of nitrogens with zero attached hydrogens (tertiary/aromatic N) is 3. The molecule has 0 saturated heterocycles. The number of benzene rings is 7. The number of thiophene rings is 1. The molecular formula is C45H29N3S. The molecule has 0 N–H and O–H groups in total. The molecule has 0 aliphatic heterocycles. The van der Waals surface area contributed by atoms with Gasteiger partial charge in [-0.2, -0.15) is 0 Å². The van der Waals surface area contributed by atoms with E-state index in [0.717, 1.165) is 33.4 Å². The molecule has 0 saturated carbocycles. The van der Waals surface area contributed by atoms with Crippen molar-refractivity contribution in [2.24, 2.45) is 0 Å². The summed E-state index contributed by atoms with van der Waals surface area (Å²) >= 11 is 1.81. The molecule has 0 amide bonds. The maximum atomic E-state index is 5.11. The van der Waals surface area contributed by atoms with Crippen LogP contribution in [0.4, 0.5) is 0 Å². The van der Waals surface area contributed by atoms with E-state index in [1.54, 1.807) is 0 Å². The molecule has 9 rings (SSSR count). The van der Waals surface area contributed by atoms with Gasteiger partial charge in [0.05, 0.1) is 0 Å². The van der Waals surface area contributed by atoms with Crippen LogP contribution in [0.25, 0.3) is 87.7 Å². The fraction of sp³-hybridized carbons (Fsp3) is 0. The molecule has 9 aromatic rings. The van der Waals surface area contributed by atoms with Gasteiger partial charge in [-0.3, -0.25) is 0 Å². The van der Waals surface area contributed by atoms with E-state index >= 15 is 0 Å². The molecule has 49 heavy (non-hydrogen) atoms. The largest absolute Gasteiger partial charge is 0.208 e. The van der Waals surface area contributed by atoms with Gasteiger partial charge in [-0.05, 0) is 56.1 Å². The monoisotopic (exact) mass is 643 g/mol. The van der Waals surface area contributed by atoms with Gasteiger partial charge in [0, 0.05) is 26.3 Å². The van der Waals surface area contributed by atoms with Crippen molar-refractivity contribution in [1.82, 2.24) is 15.0 Å². The first-order chi connectivity index (χ1) is 24.3. The Morgan fingerprint density at radius 3 is 1.57 bits per heavy atom. The number of aromatic nitrogens is 3. The van der Waals surface area contributed by atoms with Crippen LogP contribution < -0.4 is 0 Å². The van der Waals surface area contributed by atoms with Gasteiger partial charge in [0.15, 0.2) is 17.5 Å². The summed E-state index contributed by atoms with van der Waals surface area (Å²) < 4.78 is 1.29. The standard InChI is InChI=1S/C45H29N3S/c1-2-11-30(12-3-1)39-17-7-8-18-40(39)45-47-43(34-25-21-32(22-26-34)38-19-10-15-31-13-4-6-16-37(31)38)46-44(48-45)35-27-23-33(24-28-35)42-29-36-14-5-9-20-41(36)49-42/h1-29H. The molecule has 0 aliphatic carbocycles. The predicted molar refractivity (Wildman–Crippen MR) is 205 cm³/mol. The van der Waals surface area contributed by atoms with Crippen LogP contribution in [0.15, 0.2) is 176 Å². The van der Waals surface area contributed by atoms with Crippen LogP contribution in [0.3, 0.4) is 0 Å². The van der Waals surface area contributed by atoms with Crippen LogP contribution in [0.5, 0.6) is 0 Å². The quantitative estimate of drug-likeness (QED) is 0.181. The molecule has 0 spiro atoms. The average Bonchev–Trinajstić information content (AvgIpc) is 3.63. The van der Waals surface area contributed by atoms with Gasteiger partial charge < -0.3 is 0 Å². The van der Waals surface area contributed by atoms with E-state index in [4.69, 9.17) is 15.0 Å². The summed E-state index contributed by atoms with van der Waals surface area (Å²) in [6.07, 6.45) is 0. The normalized spacial score (nSPS) is 11.3. The summed E-state index contributed by atoms with van der Waals surface area (Å²) in [6.45, 7) is 0. The average molecular weight is 644 g/mol. The van der Waals surface area contributed by atoms with Gasteiger partial charge in [-0.1, -0.05) is 164 Å². The van der Waals surface area contributed by atoms with Crippen molar-refractivity contribution < 1.29 is 0 Å². The molecule has 0 unspecified atom stereocenters. The molecule has 0 bridgehead atoms. The van der Waals surface area contributed by atoms with Gasteiger partial charge >= 0.3 is 0 Å². The van der Waals surface area contributed by atoms with Gasteiger partial charge in [0.25, 0.3) is 0 Å². The lowest BCUT2D eigenvalue weighted by atomic mass is 9.97. The van der Waals surface area contributed by atoms with Crippen molar-refractivity contribution in [3.05, 3.63) is 176 Å². The fourth-order valence-corrected chi connectivity index (χ4v) is 7.55. The van der Waals surface area contributed by atoms with E-state index in [1.807, 2.05) is 23.5 Å². The topological polar surface area (TPSA) is 38.7 Å². The van der Waals surface area contributed by atoms with Crippen LogP contribution in [0.1, 0.15) is 0 Å². The SMILES string of the molecule is c1ccc(-c2ccccc2-c2nc(-c3ccc(-c4cc5ccccc5s4)cc3)nc(-c3ccc(-c4cccc5ccccc45)cc3)n2)cc1. The second-order valence-corrected chi connectivity index (χ2v) is 13.1. The van der Waals surface area contributed by atoms with Gasteiger partial charge in [-0.15, -0.1) is 11.3 Å². The van der Waals surface area contributed by atoms with Crippen molar-refractivity contribution in [1.29, 1.82) is 0 Å². The molecule has 2 aromatic heterocycles. The smallest absolute Gasteiger partial charge is 0.164 e. The third-order valence-corrected chi connectivity index (χ3v) is 10.2. The van der Waals surface area contributed by atoms with E-state index < -0.39 is 0 Å². The first-order valence-corrected chi connectivity index (χ1v) is 17.2. The fourth-order valence-electron chi connectivity index (χ4n) is 6.49. The lowest BCUT2D eigenvalue weighted by molar-refractivity contribution is 1.07. The van der Waals surface area contributed by atoms with E-state index in [2.05, 4.69) is 164 Å². The number of hydrogen-bond donors (Lipinski definition) is 0. The Bertz CT molecular complexity index is 2550. The molecule has 0 fully saturated rings. The molecule has 2 heterocycles. The summed E-state index contributed by atoms with van der Waals surface area (Å²) in [5, 5.41) is 3.73. The summed E-state index contributed by atoms with van der Waals surface area (Å²) in [6, 6.07) is 61.6. The summed E-state index contributed by atoms with van der Waals surface area (Å²) in [4.78, 5) is 16.5. The Balaban J connectivity index is 1.15. The van der Waals surface area contributed by atoms with Crippen molar-refractivity contribution in [3.63, 3.8) is 0 Å². The van der Waals surface area contributed by atoms with Gasteiger partial charge in [0.1, 0.15) is 0 Å². The zero-order valence-corrected chi connectivity index (χ0v) is 27.3. The van der Waals surface area contributed by atoms with E-state index in [-0.39, 0.29) is 0 Å². The van der Waals surface area contributed by atoms with E-state index in [9.17, 15) is 0 Å². The highest BCUT2D eigenvalue weighted by Crippen LogP contribution is 2.36. The molecule has 0 atom stereocenters. The maximum absolute atomic E-state index is 5.11. The molecule has 3 nitrogen and oxygen atoms in total. The summed E-state index contributed by atoms with van der Waals surface area (Å²) in [5.41, 5.74) is 8.59. The Morgan fingerprint density at radius 1 is 0.327 bits per heavy atom. The van der Waals surface area contributed by atoms with Crippen molar-refractivity contribution in [2.75, 3.05) is 0 Å². The second-order valence-electron chi connectivity index (χ2n) is 12.0. The molecule has 0 radical (unpaired) electrons. The highest BCUT2D eigenvalue weighted by atomic mass is 32.1. The Labute approximate surface area is 288 Å². The Hall–Kier alpha value is -6.23. The minimum Gasteiger partial charge on any atom is -0.208 e. The first kappa shape index (κ1) is 29.0. The molecule has 0 aliphatic rings. The summed E-state index contributed by atoms with van der Waals surface area (Å²) in [5.74, 6) is 1.93. The van der Waals surface area contributed by atoms with Gasteiger partial charge in [-0.25, -0.2) is 15.0 Å². The number of rotatable bonds is 6. The highest BCUT2D eigenvalue weighted by Gasteiger charge is 2.16. The molecule has 7 aromatic carbocycles. The number of fused-ring (bicyclic) bond motifs is 2. The number of hydrogen-bond acceptors (Lipinski definition) is 4. The van der Waals surface area contributed by atoms with Crippen LogP contribution in [-0.4, -0.2) is 15.0 Å². The van der Waals surface area contributed by atoms with E-state index in [0.29, 0.717) is 17.5 Å². The highest BCUT2D eigenvalue weighted by molar-refractivity contribution is 7.22. The zero-order valence-electron chi connectivity index (χ0n) is 26.5. The van der Waals surface area contributed by atoms with Crippen LogP contribution >= 0.6 is 11.3 Å². The third-order valence-electron chi connectivity index (χ3n) is 8.99. The summed E-state index contributed by atoms with van der Waals surface area (Å²) in [7, 11) is 0. The van der Waals surface area contributed by atoms with Crippen molar-refractivity contribution in [2.45, 2.75) is 0 Å². The minimum absolute atomic E-state index is 0.640. The van der Waals surface area contributed by atoms with Crippen LogP contribution in [0, 0.1) is 0 Å². The Morgan fingerprint density at radius 2 is 0.837 bits per heavy atom. The molecular weight excluding hydrogens is 615 g/mol. The lowest BCUT2D eigenvalue weighted by Crippen LogP contribution is -2.01. The Kier molecular flexibility index (Phi) is 7.34.